The lowest BCUT2D eigenvalue weighted by Gasteiger charge is -2.23. The van der Waals surface area contributed by atoms with E-state index >= 15 is 0 Å². The minimum atomic E-state index is -0.285. The number of likely N-dealkylation sites (N-methyl/N-ethyl adjacent to an activating group) is 1. The summed E-state index contributed by atoms with van der Waals surface area (Å²) in [4.78, 5) is 43.2. The molecule has 2 N–H and O–H groups in total. The fraction of sp³-hybridized carbons (Fsp3) is 0.636. The van der Waals surface area contributed by atoms with Crippen LogP contribution in [0.25, 0.3) is 0 Å². The molecule has 1 saturated heterocycles. The molecule has 0 unspecified atom stereocenters. The molecular weight excluding hydrogens is 382 g/mol. The summed E-state index contributed by atoms with van der Waals surface area (Å²) in [7, 11) is 1.99. The van der Waals surface area contributed by atoms with Crippen molar-refractivity contribution in [3.63, 3.8) is 0 Å². The van der Waals surface area contributed by atoms with Gasteiger partial charge >= 0.3 is 5.69 Å². The molecular formula is C22H33N5O3. The summed E-state index contributed by atoms with van der Waals surface area (Å²) in [6.45, 7) is 5.87. The van der Waals surface area contributed by atoms with Gasteiger partial charge in [-0.1, -0.05) is 12.2 Å². The SMILES string of the molecule is Cc1cc(C)n(CCNC(=O)[C@@H]2CC[C@H](NC(=O)C3CC=CC3)CN(C)C2)c(=O)n1. The average molecular weight is 416 g/mol. The second kappa shape index (κ2) is 10.0. The topological polar surface area (TPSA) is 96.3 Å². The number of allylic oxidation sites excluding steroid dienone is 2. The van der Waals surface area contributed by atoms with Gasteiger partial charge in [-0.2, -0.15) is 4.98 Å². The number of likely N-dealkylation sites (tertiary alicyclic amines) is 1. The monoisotopic (exact) mass is 415 g/mol. The van der Waals surface area contributed by atoms with Gasteiger partial charge in [0.25, 0.3) is 0 Å². The van der Waals surface area contributed by atoms with Crippen molar-refractivity contribution in [2.45, 2.75) is 52.1 Å². The Hall–Kier alpha value is -2.48. The predicted octanol–water partition coefficient (Wildman–Crippen LogP) is 0.769. The molecule has 8 nitrogen and oxygen atoms in total. The zero-order chi connectivity index (χ0) is 21.7. The Kier molecular flexibility index (Phi) is 7.42. The van der Waals surface area contributed by atoms with E-state index in [2.05, 4.69) is 32.7 Å². The summed E-state index contributed by atoms with van der Waals surface area (Å²) in [5.74, 6) is 0.0493. The van der Waals surface area contributed by atoms with Crippen LogP contribution in [0.4, 0.5) is 0 Å². The number of nitrogens with zero attached hydrogens (tertiary/aromatic N) is 3. The van der Waals surface area contributed by atoms with Gasteiger partial charge in [0.2, 0.25) is 11.8 Å². The van der Waals surface area contributed by atoms with Crippen molar-refractivity contribution in [2.75, 3.05) is 26.7 Å². The van der Waals surface area contributed by atoms with Crippen LogP contribution < -0.4 is 16.3 Å². The largest absolute Gasteiger partial charge is 0.354 e. The van der Waals surface area contributed by atoms with Crippen molar-refractivity contribution in [2.24, 2.45) is 11.8 Å². The third-order valence-corrected chi connectivity index (χ3v) is 6.00. The predicted molar refractivity (Wildman–Crippen MR) is 115 cm³/mol. The summed E-state index contributed by atoms with van der Waals surface area (Å²) in [5, 5.41) is 6.14. The van der Waals surface area contributed by atoms with Gasteiger partial charge in [-0.05, 0) is 52.6 Å². The van der Waals surface area contributed by atoms with Crippen LogP contribution in [0.15, 0.2) is 23.0 Å². The highest BCUT2D eigenvalue weighted by molar-refractivity contribution is 5.80. The molecule has 2 amide bonds. The standard InChI is InChI=1S/C22H33N5O3/c1-15-12-16(2)27(22(30)24-15)11-10-23-20(28)18-8-9-19(14-26(3)13-18)25-21(29)17-6-4-5-7-17/h4-5,12,17-19H,6-11,13-14H2,1-3H3,(H,23,28)(H,25,29)/t18-,19+/m1/s1. The summed E-state index contributed by atoms with van der Waals surface area (Å²) < 4.78 is 1.58. The third-order valence-electron chi connectivity index (χ3n) is 6.00. The van der Waals surface area contributed by atoms with E-state index in [0.717, 1.165) is 37.9 Å². The molecule has 0 aromatic carbocycles. The molecule has 2 aliphatic rings. The normalized spacial score (nSPS) is 22.6. The second-order valence-corrected chi connectivity index (χ2v) is 8.60. The summed E-state index contributed by atoms with van der Waals surface area (Å²) >= 11 is 0. The first-order valence-corrected chi connectivity index (χ1v) is 10.8. The molecule has 2 atom stereocenters. The summed E-state index contributed by atoms with van der Waals surface area (Å²) in [6, 6.07) is 1.93. The second-order valence-electron chi connectivity index (χ2n) is 8.60. The van der Waals surface area contributed by atoms with E-state index in [0.29, 0.717) is 25.3 Å². The highest BCUT2D eigenvalue weighted by Crippen LogP contribution is 2.20. The molecule has 30 heavy (non-hydrogen) atoms. The minimum Gasteiger partial charge on any atom is -0.354 e. The van der Waals surface area contributed by atoms with Crippen molar-refractivity contribution in [3.05, 3.63) is 40.1 Å². The maximum atomic E-state index is 12.7. The number of carbonyl (C=O) groups excluding carboxylic acids is 2. The van der Waals surface area contributed by atoms with E-state index < -0.39 is 0 Å². The van der Waals surface area contributed by atoms with Crippen LogP contribution in [0.1, 0.15) is 37.1 Å². The Morgan fingerprint density at radius 3 is 2.53 bits per heavy atom. The van der Waals surface area contributed by atoms with Gasteiger partial charge in [-0.3, -0.25) is 14.2 Å². The van der Waals surface area contributed by atoms with Crippen molar-refractivity contribution < 1.29 is 9.59 Å². The molecule has 1 aliphatic carbocycles. The Balaban J connectivity index is 1.48. The van der Waals surface area contributed by atoms with Crippen LogP contribution in [-0.4, -0.2) is 59.0 Å². The Morgan fingerprint density at radius 2 is 1.83 bits per heavy atom. The average Bonchev–Trinajstić information content (AvgIpc) is 3.15. The molecule has 0 spiro atoms. The lowest BCUT2D eigenvalue weighted by Crippen LogP contribution is -2.44. The van der Waals surface area contributed by atoms with Gasteiger partial charge in [0.15, 0.2) is 0 Å². The number of aryl methyl sites for hydroxylation is 2. The molecule has 0 saturated carbocycles. The Labute approximate surface area is 177 Å². The Morgan fingerprint density at radius 1 is 1.10 bits per heavy atom. The lowest BCUT2D eigenvalue weighted by atomic mass is 10.00. The van der Waals surface area contributed by atoms with Crippen LogP contribution in [0, 0.1) is 25.7 Å². The lowest BCUT2D eigenvalue weighted by molar-refractivity contribution is -0.126. The van der Waals surface area contributed by atoms with Crippen LogP contribution >= 0.6 is 0 Å². The molecule has 1 aromatic heterocycles. The molecule has 0 radical (unpaired) electrons. The molecule has 8 heteroatoms. The quantitative estimate of drug-likeness (QED) is 0.669. The minimum absolute atomic E-state index is 0.000377. The third kappa shape index (κ3) is 5.78. The summed E-state index contributed by atoms with van der Waals surface area (Å²) in [6.07, 6.45) is 7.28. The number of nitrogens with one attached hydrogen (secondary N) is 2. The molecule has 1 fully saturated rings. The van der Waals surface area contributed by atoms with Crippen molar-refractivity contribution in [1.82, 2.24) is 25.1 Å². The first-order valence-electron chi connectivity index (χ1n) is 10.8. The van der Waals surface area contributed by atoms with Crippen LogP contribution in [0.5, 0.6) is 0 Å². The van der Waals surface area contributed by atoms with E-state index in [1.165, 1.54) is 0 Å². The van der Waals surface area contributed by atoms with Crippen molar-refractivity contribution in [1.29, 1.82) is 0 Å². The number of hydrogen-bond donors (Lipinski definition) is 2. The van der Waals surface area contributed by atoms with Gasteiger partial charge in [0.1, 0.15) is 0 Å². The fourth-order valence-electron chi connectivity index (χ4n) is 4.38. The molecule has 1 aromatic rings. The first-order chi connectivity index (χ1) is 14.3. The zero-order valence-electron chi connectivity index (χ0n) is 18.2. The van der Waals surface area contributed by atoms with E-state index in [-0.39, 0.29) is 35.4 Å². The highest BCUT2D eigenvalue weighted by atomic mass is 16.2. The zero-order valence-corrected chi connectivity index (χ0v) is 18.2. The Bertz CT molecular complexity index is 855. The smallest absolute Gasteiger partial charge is 0.348 e. The van der Waals surface area contributed by atoms with Gasteiger partial charge < -0.3 is 15.5 Å². The van der Waals surface area contributed by atoms with E-state index in [1.54, 1.807) is 11.5 Å². The molecule has 2 heterocycles. The van der Waals surface area contributed by atoms with E-state index in [9.17, 15) is 14.4 Å². The number of carbonyl (C=O) groups is 2. The molecule has 1 aliphatic heterocycles. The summed E-state index contributed by atoms with van der Waals surface area (Å²) in [5.41, 5.74) is 1.25. The number of aromatic nitrogens is 2. The highest BCUT2D eigenvalue weighted by Gasteiger charge is 2.29. The van der Waals surface area contributed by atoms with E-state index in [4.69, 9.17) is 0 Å². The molecule has 164 valence electrons. The van der Waals surface area contributed by atoms with Gasteiger partial charge in [0, 0.05) is 49.5 Å². The molecule has 3 rings (SSSR count). The van der Waals surface area contributed by atoms with E-state index in [1.807, 2.05) is 20.0 Å². The van der Waals surface area contributed by atoms with Crippen LogP contribution in [0.3, 0.4) is 0 Å². The maximum Gasteiger partial charge on any atom is 0.348 e. The number of amides is 2. The molecule has 0 bridgehead atoms. The van der Waals surface area contributed by atoms with Crippen LogP contribution in [-0.2, 0) is 16.1 Å². The van der Waals surface area contributed by atoms with Gasteiger partial charge in [-0.25, -0.2) is 4.79 Å². The van der Waals surface area contributed by atoms with Crippen molar-refractivity contribution in [3.8, 4) is 0 Å². The fourth-order valence-corrected chi connectivity index (χ4v) is 4.38. The number of hydrogen-bond acceptors (Lipinski definition) is 5. The van der Waals surface area contributed by atoms with Crippen LogP contribution in [0.2, 0.25) is 0 Å². The maximum absolute atomic E-state index is 12.7. The van der Waals surface area contributed by atoms with Gasteiger partial charge in [-0.15, -0.1) is 0 Å². The number of rotatable bonds is 6. The van der Waals surface area contributed by atoms with Crippen molar-refractivity contribution >= 4 is 11.8 Å². The first kappa shape index (κ1) is 22.2. The van der Waals surface area contributed by atoms with Gasteiger partial charge in [0.05, 0.1) is 5.92 Å².